The Hall–Kier alpha value is -0.240. The zero-order chi connectivity index (χ0) is 12.5. The van der Waals surface area contributed by atoms with Crippen LogP contribution in [0, 0.1) is 0 Å². The molecule has 1 fully saturated rings. The van der Waals surface area contributed by atoms with E-state index in [1.54, 1.807) is 0 Å². The second-order valence-electron chi connectivity index (χ2n) is 5.03. The molecule has 0 saturated carbocycles. The largest absolute Gasteiger partial charge is 0.340 e. The molecule has 0 aromatic carbocycles. The maximum Gasteiger partial charge on any atom is 0.222 e. The summed E-state index contributed by atoms with van der Waals surface area (Å²) in [5, 5.41) is 0. The highest BCUT2D eigenvalue weighted by molar-refractivity contribution is 6.17. The fourth-order valence-corrected chi connectivity index (χ4v) is 2.85. The van der Waals surface area contributed by atoms with Gasteiger partial charge in [0.05, 0.1) is 0 Å². The molecule has 0 radical (unpaired) electrons. The Morgan fingerprint density at radius 3 is 2.82 bits per heavy atom. The number of piperidine rings is 1. The first-order valence-corrected chi connectivity index (χ1v) is 7.68. The zero-order valence-electron chi connectivity index (χ0n) is 11.1. The first-order valence-electron chi connectivity index (χ1n) is 7.15. The highest BCUT2D eigenvalue weighted by Crippen LogP contribution is 2.21. The molecule has 17 heavy (non-hydrogen) atoms. The maximum absolute atomic E-state index is 12.1. The molecular formula is C14H26ClNO. The van der Waals surface area contributed by atoms with Gasteiger partial charge in [0.15, 0.2) is 0 Å². The summed E-state index contributed by atoms with van der Waals surface area (Å²) < 4.78 is 0. The van der Waals surface area contributed by atoms with E-state index in [2.05, 4.69) is 11.8 Å². The van der Waals surface area contributed by atoms with Gasteiger partial charge in [-0.05, 0) is 32.1 Å². The first-order chi connectivity index (χ1) is 8.29. The van der Waals surface area contributed by atoms with Crippen LogP contribution in [0.4, 0.5) is 0 Å². The number of amides is 1. The number of nitrogens with zero attached hydrogens (tertiary/aromatic N) is 1. The van der Waals surface area contributed by atoms with Crippen molar-refractivity contribution >= 4 is 17.5 Å². The van der Waals surface area contributed by atoms with Crippen molar-refractivity contribution in [2.75, 3.05) is 12.4 Å². The van der Waals surface area contributed by atoms with Crippen molar-refractivity contribution in [1.82, 2.24) is 4.90 Å². The van der Waals surface area contributed by atoms with E-state index in [9.17, 15) is 4.79 Å². The van der Waals surface area contributed by atoms with Gasteiger partial charge in [-0.2, -0.15) is 0 Å². The molecule has 0 aliphatic carbocycles. The Morgan fingerprint density at radius 1 is 1.29 bits per heavy atom. The monoisotopic (exact) mass is 259 g/mol. The van der Waals surface area contributed by atoms with E-state index in [1.807, 2.05) is 0 Å². The summed E-state index contributed by atoms with van der Waals surface area (Å²) >= 11 is 5.81. The minimum Gasteiger partial charge on any atom is -0.340 e. The number of carbonyl (C=O) groups is 1. The summed E-state index contributed by atoms with van der Waals surface area (Å²) in [6, 6.07) is 0.417. The lowest BCUT2D eigenvalue weighted by Crippen LogP contribution is -2.43. The van der Waals surface area contributed by atoms with Gasteiger partial charge in [0, 0.05) is 24.9 Å². The van der Waals surface area contributed by atoms with E-state index < -0.39 is 0 Å². The third kappa shape index (κ3) is 5.29. The number of hydrogen-bond acceptors (Lipinski definition) is 1. The van der Waals surface area contributed by atoms with Crippen LogP contribution in [-0.2, 0) is 4.79 Å². The van der Waals surface area contributed by atoms with Crippen molar-refractivity contribution in [1.29, 1.82) is 0 Å². The van der Waals surface area contributed by atoms with E-state index >= 15 is 0 Å². The van der Waals surface area contributed by atoms with Gasteiger partial charge in [0.1, 0.15) is 0 Å². The van der Waals surface area contributed by atoms with Crippen molar-refractivity contribution in [3.63, 3.8) is 0 Å². The van der Waals surface area contributed by atoms with Crippen LogP contribution >= 0.6 is 11.6 Å². The van der Waals surface area contributed by atoms with Gasteiger partial charge in [-0.1, -0.05) is 26.2 Å². The van der Waals surface area contributed by atoms with Gasteiger partial charge >= 0.3 is 0 Å². The standard InChI is InChI=1S/C14H26ClNO/c1-2-3-4-5-9-14(17)16-12-7-6-8-13(16)10-11-15/h13H,2-12H2,1H3. The van der Waals surface area contributed by atoms with Crippen molar-refractivity contribution in [3.05, 3.63) is 0 Å². The Kier molecular flexibility index (Phi) is 7.67. The molecule has 0 aromatic rings. The minimum absolute atomic E-state index is 0.357. The number of rotatable bonds is 7. The highest BCUT2D eigenvalue weighted by atomic mass is 35.5. The molecule has 0 spiro atoms. The normalized spacial score (nSPS) is 20.6. The fraction of sp³-hybridized carbons (Fsp3) is 0.929. The summed E-state index contributed by atoms with van der Waals surface area (Å²) in [7, 11) is 0. The van der Waals surface area contributed by atoms with Crippen LogP contribution in [0.5, 0.6) is 0 Å². The molecule has 0 aromatic heterocycles. The quantitative estimate of drug-likeness (QED) is 0.501. The van der Waals surface area contributed by atoms with Crippen LogP contribution in [0.1, 0.15) is 64.7 Å². The third-order valence-corrected chi connectivity index (χ3v) is 3.85. The van der Waals surface area contributed by atoms with Gasteiger partial charge in [-0.15, -0.1) is 11.6 Å². The number of halogens is 1. The first kappa shape index (κ1) is 14.8. The smallest absolute Gasteiger partial charge is 0.222 e. The zero-order valence-corrected chi connectivity index (χ0v) is 11.8. The molecule has 1 unspecified atom stereocenters. The van der Waals surface area contributed by atoms with Gasteiger partial charge in [-0.3, -0.25) is 4.79 Å². The molecule has 1 amide bonds. The van der Waals surface area contributed by atoms with Crippen molar-refractivity contribution < 1.29 is 4.79 Å². The maximum atomic E-state index is 12.1. The lowest BCUT2D eigenvalue weighted by Gasteiger charge is -2.35. The number of likely N-dealkylation sites (tertiary alicyclic amines) is 1. The topological polar surface area (TPSA) is 20.3 Å². The Bertz CT molecular complexity index is 218. The molecule has 2 nitrogen and oxygen atoms in total. The summed E-state index contributed by atoms with van der Waals surface area (Å²) in [5.74, 6) is 1.03. The van der Waals surface area contributed by atoms with Gasteiger partial charge in [0.2, 0.25) is 5.91 Å². The van der Waals surface area contributed by atoms with Crippen LogP contribution in [0.2, 0.25) is 0 Å². The average Bonchev–Trinajstić information content (AvgIpc) is 2.35. The lowest BCUT2D eigenvalue weighted by atomic mass is 9.99. The van der Waals surface area contributed by atoms with Gasteiger partial charge < -0.3 is 4.90 Å². The fourth-order valence-electron chi connectivity index (χ4n) is 2.60. The minimum atomic E-state index is 0.357. The third-order valence-electron chi connectivity index (χ3n) is 3.63. The Labute approximate surface area is 111 Å². The van der Waals surface area contributed by atoms with Crippen LogP contribution < -0.4 is 0 Å². The molecule has 1 aliphatic heterocycles. The number of unbranched alkanes of at least 4 members (excludes halogenated alkanes) is 3. The lowest BCUT2D eigenvalue weighted by molar-refractivity contribution is -0.135. The Morgan fingerprint density at radius 2 is 2.12 bits per heavy atom. The van der Waals surface area contributed by atoms with E-state index in [0.717, 1.165) is 32.2 Å². The second kappa shape index (κ2) is 8.79. The van der Waals surface area contributed by atoms with Crippen LogP contribution in [-0.4, -0.2) is 29.3 Å². The molecular weight excluding hydrogens is 234 g/mol. The Balaban J connectivity index is 2.31. The number of carbonyl (C=O) groups excluding carboxylic acids is 1. The predicted molar refractivity (Wildman–Crippen MR) is 73.4 cm³/mol. The summed E-state index contributed by atoms with van der Waals surface area (Å²) in [5.41, 5.74) is 0. The van der Waals surface area contributed by atoms with Crippen LogP contribution in [0.15, 0.2) is 0 Å². The summed E-state index contributed by atoms with van der Waals surface area (Å²) in [6.45, 7) is 3.15. The summed E-state index contributed by atoms with van der Waals surface area (Å²) in [4.78, 5) is 14.2. The van der Waals surface area contributed by atoms with E-state index in [4.69, 9.17) is 11.6 Å². The number of hydrogen-bond donors (Lipinski definition) is 0. The van der Waals surface area contributed by atoms with Gasteiger partial charge in [-0.25, -0.2) is 0 Å². The molecule has 1 aliphatic rings. The molecule has 100 valence electrons. The van der Waals surface area contributed by atoms with E-state index in [1.165, 1.54) is 32.1 Å². The van der Waals surface area contributed by atoms with Crippen LogP contribution in [0.3, 0.4) is 0 Å². The average molecular weight is 260 g/mol. The SMILES string of the molecule is CCCCCCC(=O)N1CCCCC1CCCl. The summed E-state index contributed by atoms with van der Waals surface area (Å²) in [6.07, 6.45) is 9.98. The molecule has 3 heteroatoms. The molecule has 0 bridgehead atoms. The van der Waals surface area contributed by atoms with E-state index in [0.29, 0.717) is 17.8 Å². The van der Waals surface area contributed by atoms with Crippen molar-refractivity contribution in [3.8, 4) is 0 Å². The molecule has 1 heterocycles. The molecule has 0 N–H and O–H groups in total. The molecule has 1 rings (SSSR count). The predicted octanol–water partition coefficient (Wildman–Crippen LogP) is 3.97. The van der Waals surface area contributed by atoms with Gasteiger partial charge in [0.25, 0.3) is 0 Å². The highest BCUT2D eigenvalue weighted by Gasteiger charge is 2.25. The van der Waals surface area contributed by atoms with Crippen molar-refractivity contribution in [2.45, 2.75) is 70.8 Å². The van der Waals surface area contributed by atoms with E-state index in [-0.39, 0.29) is 0 Å². The molecule has 1 saturated heterocycles. The van der Waals surface area contributed by atoms with Crippen LogP contribution in [0.25, 0.3) is 0 Å². The van der Waals surface area contributed by atoms with Crippen molar-refractivity contribution in [2.24, 2.45) is 0 Å². The second-order valence-corrected chi connectivity index (χ2v) is 5.40. The number of alkyl halides is 1. The molecule has 1 atom stereocenters.